The van der Waals surface area contributed by atoms with Crippen molar-refractivity contribution in [3.05, 3.63) is 29.6 Å². The van der Waals surface area contributed by atoms with Gasteiger partial charge >= 0.3 is 6.09 Å². The van der Waals surface area contributed by atoms with E-state index >= 15 is 0 Å². The highest BCUT2D eigenvalue weighted by molar-refractivity contribution is 5.75. The Morgan fingerprint density at radius 2 is 2.10 bits per heavy atom. The number of carbonyl (C=O) groups excluding carboxylic acids is 2. The average molecular weight is 297 g/mol. The van der Waals surface area contributed by atoms with Gasteiger partial charge < -0.3 is 14.8 Å². The second kappa shape index (κ2) is 7.61. The van der Waals surface area contributed by atoms with Crippen molar-refractivity contribution >= 4 is 12.4 Å². The third-order valence-corrected chi connectivity index (χ3v) is 2.34. The second-order valence-electron chi connectivity index (χ2n) is 5.44. The lowest BCUT2D eigenvalue weighted by molar-refractivity contribution is 0.0525. The molecule has 0 radical (unpaired) electrons. The summed E-state index contributed by atoms with van der Waals surface area (Å²) in [7, 11) is 0. The zero-order chi connectivity index (χ0) is 15.9. The first kappa shape index (κ1) is 16.9. The minimum absolute atomic E-state index is 0.0814. The molecule has 6 heteroatoms. The summed E-state index contributed by atoms with van der Waals surface area (Å²) in [6.07, 6.45) is 0.579. The van der Waals surface area contributed by atoms with Crippen molar-refractivity contribution in [2.75, 3.05) is 13.2 Å². The first-order valence-corrected chi connectivity index (χ1v) is 6.66. The predicted octanol–water partition coefficient (Wildman–Crippen LogP) is 2.93. The van der Waals surface area contributed by atoms with E-state index < -0.39 is 17.5 Å². The van der Waals surface area contributed by atoms with Crippen molar-refractivity contribution in [3.63, 3.8) is 0 Å². The predicted molar refractivity (Wildman–Crippen MR) is 76.1 cm³/mol. The fourth-order valence-electron chi connectivity index (χ4n) is 1.47. The normalized spacial score (nSPS) is 10.9. The van der Waals surface area contributed by atoms with E-state index in [0.29, 0.717) is 19.3 Å². The van der Waals surface area contributed by atoms with Crippen LogP contribution in [-0.4, -0.2) is 31.1 Å². The van der Waals surface area contributed by atoms with Gasteiger partial charge in [0.25, 0.3) is 0 Å². The van der Waals surface area contributed by atoms with Crippen LogP contribution in [0.15, 0.2) is 18.2 Å². The van der Waals surface area contributed by atoms with E-state index in [-0.39, 0.29) is 17.9 Å². The van der Waals surface area contributed by atoms with Crippen LogP contribution >= 0.6 is 0 Å². The number of aldehydes is 1. The summed E-state index contributed by atoms with van der Waals surface area (Å²) in [5, 5.41) is 2.58. The van der Waals surface area contributed by atoms with Crippen LogP contribution in [0.3, 0.4) is 0 Å². The molecule has 0 aliphatic heterocycles. The van der Waals surface area contributed by atoms with Crippen LogP contribution in [0, 0.1) is 5.82 Å². The number of alkyl carbamates (subject to hydrolysis) is 1. The Kier molecular flexibility index (Phi) is 6.14. The van der Waals surface area contributed by atoms with E-state index in [1.165, 1.54) is 12.1 Å². The topological polar surface area (TPSA) is 64.6 Å². The molecule has 1 N–H and O–H groups in total. The molecule has 0 heterocycles. The first-order chi connectivity index (χ1) is 9.81. The monoisotopic (exact) mass is 297 g/mol. The number of hydrogen-bond acceptors (Lipinski definition) is 4. The van der Waals surface area contributed by atoms with Crippen LogP contribution in [0.5, 0.6) is 5.75 Å². The summed E-state index contributed by atoms with van der Waals surface area (Å²) in [4.78, 5) is 21.8. The minimum Gasteiger partial charge on any atom is -0.490 e. The quantitative estimate of drug-likeness (QED) is 0.647. The van der Waals surface area contributed by atoms with Gasteiger partial charge in [-0.3, -0.25) is 4.79 Å². The number of halogens is 1. The van der Waals surface area contributed by atoms with Gasteiger partial charge in [0.1, 0.15) is 11.9 Å². The van der Waals surface area contributed by atoms with Gasteiger partial charge in [0, 0.05) is 12.1 Å². The van der Waals surface area contributed by atoms with Gasteiger partial charge in [-0.15, -0.1) is 0 Å². The average Bonchev–Trinajstić information content (AvgIpc) is 2.37. The third-order valence-electron chi connectivity index (χ3n) is 2.34. The van der Waals surface area contributed by atoms with Crippen LogP contribution in [-0.2, 0) is 4.74 Å². The van der Waals surface area contributed by atoms with Crippen LogP contribution in [0.4, 0.5) is 9.18 Å². The maximum atomic E-state index is 13.5. The summed E-state index contributed by atoms with van der Waals surface area (Å²) in [5.74, 6) is -0.502. The molecule has 0 spiro atoms. The largest absolute Gasteiger partial charge is 0.490 e. The number of hydrogen-bond donors (Lipinski definition) is 1. The molecule has 0 aliphatic rings. The molecule has 0 fully saturated rings. The summed E-state index contributed by atoms with van der Waals surface area (Å²) in [6, 6.07) is 3.99. The van der Waals surface area contributed by atoms with Crippen LogP contribution < -0.4 is 10.1 Å². The summed E-state index contributed by atoms with van der Waals surface area (Å²) < 4.78 is 23.8. The van der Waals surface area contributed by atoms with Crippen molar-refractivity contribution < 1.29 is 23.5 Å². The van der Waals surface area contributed by atoms with Crippen LogP contribution in [0.2, 0.25) is 0 Å². The van der Waals surface area contributed by atoms with Gasteiger partial charge in [0.2, 0.25) is 0 Å². The third kappa shape index (κ3) is 6.74. The number of carbonyl (C=O) groups is 2. The van der Waals surface area contributed by atoms with Gasteiger partial charge in [-0.05, 0) is 45.4 Å². The molecule has 1 aromatic carbocycles. The lowest BCUT2D eigenvalue weighted by atomic mass is 10.2. The maximum absolute atomic E-state index is 13.5. The fraction of sp³-hybridized carbons (Fsp3) is 0.467. The molecule has 1 aromatic rings. The molecular weight excluding hydrogens is 277 g/mol. The number of rotatable bonds is 6. The zero-order valence-electron chi connectivity index (χ0n) is 12.4. The second-order valence-corrected chi connectivity index (χ2v) is 5.44. The standard InChI is InChI=1S/C15H20FNO4/c1-15(2,3)21-14(19)17-7-4-8-20-13-6-5-11(10-18)9-12(13)16/h5-6,9-10H,4,7-8H2,1-3H3,(H,17,19). The Balaban J connectivity index is 2.26. The maximum Gasteiger partial charge on any atom is 0.407 e. The highest BCUT2D eigenvalue weighted by Crippen LogP contribution is 2.17. The van der Waals surface area contributed by atoms with Gasteiger partial charge in [-0.1, -0.05) is 0 Å². The molecule has 0 bridgehead atoms. The molecule has 116 valence electrons. The molecule has 21 heavy (non-hydrogen) atoms. The van der Waals surface area contributed by atoms with Crippen molar-refractivity contribution in [3.8, 4) is 5.75 Å². The van der Waals surface area contributed by atoms with E-state index in [9.17, 15) is 14.0 Å². The Morgan fingerprint density at radius 3 is 2.67 bits per heavy atom. The molecule has 1 amide bonds. The number of amides is 1. The smallest absolute Gasteiger partial charge is 0.407 e. The Morgan fingerprint density at radius 1 is 1.38 bits per heavy atom. The van der Waals surface area contributed by atoms with E-state index in [0.717, 1.165) is 6.07 Å². The highest BCUT2D eigenvalue weighted by atomic mass is 19.1. The number of nitrogens with one attached hydrogen (secondary N) is 1. The van der Waals surface area contributed by atoms with E-state index in [1.54, 1.807) is 20.8 Å². The van der Waals surface area contributed by atoms with Gasteiger partial charge in [0.15, 0.2) is 11.6 Å². The minimum atomic E-state index is -0.584. The first-order valence-electron chi connectivity index (χ1n) is 6.66. The molecule has 0 aliphatic carbocycles. The highest BCUT2D eigenvalue weighted by Gasteiger charge is 2.15. The molecule has 0 saturated heterocycles. The Hall–Kier alpha value is -2.11. The van der Waals surface area contributed by atoms with Crippen molar-refractivity contribution in [1.29, 1.82) is 0 Å². The molecular formula is C15H20FNO4. The fourth-order valence-corrected chi connectivity index (χ4v) is 1.47. The van der Waals surface area contributed by atoms with Crippen LogP contribution in [0.25, 0.3) is 0 Å². The van der Waals surface area contributed by atoms with E-state index in [2.05, 4.69) is 5.32 Å². The summed E-state index contributed by atoms with van der Waals surface area (Å²) in [5.41, 5.74) is -0.282. The van der Waals surface area contributed by atoms with Gasteiger partial charge in [0.05, 0.1) is 6.61 Å². The molecule has 0 aromatic heterocycles. The molecule has 0 saturated carbocycles. The molecule has 0 unspecified atom stereocenters. The summed E-state index contributed by atoms with van der Waals surface area (Å²) >= 11 is 0. The van der Waals surface area contributed by atoms with E-state index in [4.69, 9.17) is 9.47 Å². The Labute approximate surface area is 123 Å². The van der Waals surface area contributed by atoms with Crippen molar-refractivity contribution in [1.82, 2.24) is 5.32 Å². The molecule has 1 rings (SSSR count). The molecule has 5 nitrogen and oxygen atoms in total. The van der Waals surface area contributed by atoms with Gasteiger partial charge in [-0.25, -0.2) is 9.18 Å². The zero-order valence-corrected chi connectivity index (χ0v) is 12.4. The Bertz CT molecular complexity index is 497. The lowest BCUT2D eigenvalue weighted by Crippen LogP contribution is -2.33. The SMILES string of the molecule is CC(C)(C)OC(=O)NCCCOc1ccc(C=O)cc1F. The van der Waals surface area contributed by atoms with Crippen molar-refractivity contribution in [2.24, 2.45) is 0 Å². The van der Waals surface area contributed by atoms with Gasteiger partial charge in [-0.2, -0.15) is 0 Å². The molecule has 0 atom stereocenters. The van der Waals surface area contributed by atoms with E-state index in [1.807, 2.05) is 0 Å². The number of ether oxygens (including phenoxy) is 2. The van der Waals surface area contributed by atoms with Crippen LogP contribution in [0.1, 0.15) is 37.6 Å². The number of benzene rings is 1. The lowest BCUT2D eigenvalue weighted by Gasteiger charge is -2.19. The summed E-state index contributed by atoms with van der Waals surface area (Å²) in [6.45, 7) is 5.94. The van der Waals surface area contributed by atoms with Crippen molar-refractivity contribution in [2.45, 2.75) is 32.8 Å².